The topological polar surface area (TPSA) is 55.6 Å². The number of ether oxygens (including phenoxy) is 1. The molecule has 2 rings (SSSR count). The number of amides is 1. The van der Waals surface area contributed by atoms with E-state index in [2.05, 4.69) is 11.9 Å². The Kier molecular flexibility index (Phi) is 4.26. The van der Waals surface area contributed by atoms with Gasteiger partial charge in [-0.3, -0.25) is 0 Å². The van der Waals surface area contributed by atoms with Crippen LogP contribution in [0.25, 0.3) is 0 Å². The van der Waals surface area contributed by atoms with E-state index in [9.17, 15) is 4.79 Å². The zero-order valence-electron chi connectivity index (χ0n) is 10.7. The van der Waals surface area contributed by atoms with Crippen molar-refractivity contribution in [2.45, 2.75) is 44.6 Å². The summed E-state index contributed by atoms with van der Waals surface area (Å²) >= 11 is 0. The third-order valence-corrected chi connectivity index (χ3v) is 4.43. The van der Waals surface area contributed by atoms with Crippen LogP contribution in [-0.4, -0.2) is 37.2 Å². The van der Waals surface area contributed by atoms with Crippen LogP contribution >= 0.6 is 0 Å². The van der Waals surface area contributed by atoms with Crippen LogP contribution < -0.4 is 5.73 Å². The molecule has 98 valence electrons. The van der Waals surface area contributed by atoms with E-state index in [1.807, 2.05) is 0 Å². The van der Waals surface area contributed by atoms with Gasteiger partial charge in [-0.15, -0.1) is 0 Å². The van der Waals surface area contributed by atoms with Crippen molar-refractivity contribution in [2.75, 3.05) is 20.1 Å². The van der Waals surface area contributed by atoms with Crippen molar-refractivity contribution in [3.63, 3.8) is 0 Å². The van der Waals surface area contributed by atoms with E-state index in [1.165, 1.54) is 38.8 Å². The fraction of sp³-hybridized carbons (Fsp3) is 0.923. The lowest BCUT2D eigenvalue weighted by atomic mass is 9.75. The highest BCUT2D eigenvalue weighted by Gasteiger charge is 2.30. The summed E-state index contributed by atoms with van der Waals surface area (Å²) in [6.07, 6.45) is 6.53. The number of nitrogens with zero attached hydrogens (tertiary/aromatic N) is 1. The summed E-state index contributed by atoms with van der Waals surface area (Å²) in [6, 6.07) is 0. The van der Waals surface area contributed by atoms with Crippen LogP contribution in [0.1, 0.15) is 38.5 Å². The maximum atomic E-state index is 10.7. The molecule has 2 aliphatic rings. The molecular weight excluding hydrogens is 216 g/mol. The first-order valence-corrected chi connectivity index (χ1v) is 6.80. The van der Waals surface area contributed by atoms with Crippen LogP contribution in [0.2, 0.25) is 0 Å². The van der Waals surface area contributed by atoms with Gasteiger partial charge in [0, 0.05) is 0 Å². The number of hydrogen-bond donors (Lipinski definition) is 1. The molecule has 0 radical (unpaired) electrons. The Morgan fingerprint density at radius 3 is 2.12 bits per heavy atom. The highest BCUT2D eigenvalue weighted by Crippen LogP contribution is 2.36. The van der Waals surface area contributed by atoms with Gasteiger partial charge in [-0.05, 0) is 70.5 Å². The molecule has 1 saturated heterocycles. The Hall–Kier alpha value is -0.770. The van der Waals surface area contributed by atoms with Crippen molar-refractivity contribution in [1.82, 2.24) is 4.90 Å². The SMILES string of the molecule is CN1CCC(C2CCC(OC(N)=O)CC2)CC1. The van der Waals surface area contributed by atoms with Gasteiger partial charge in [0.05, 0.1) is 0 Å². The molecule has 0 atom stereocenters. The van der Waals surface area contributed by atoms with E-state index < -0.39 is 6.09 Å². The number of hydrogen-bond acceptors (Lipinski definition) is 3. The maximum absolute atomic E-state index is 10.7. The quantitative estimate of drug-likeness (QED) is 0.803. The third kappa shape index (κ3) is 3.60. The molecule has 1 aliphatic heterocycles. The molecule has 1 heterocycles. The summed E-state index contributed by atoms with van der Waals surface area (Å²) in [4.78, 5) is 13.1. The van der Waals surface area contributed by atoms with Crippen LogP contribution in [0, 0.1) is 11.8 Å². The van der Waals surface area contributed by atoms with E-state index in [0.717, 1.165) is 24.7 Å². The summed E-state index contributed by atoms with van der Waals surface area (Å²) in [5.41, 5.74) is 5.05. The van der Waals surface area contributed by atoms with Crippen LogP contribution in [-0.2, 0) is 4.74 Å². The zero-order valence-corrected chi connectivity index (χ0v) is 10.7. The lowest BCUT2D eigenvalue weighted by molar-refractivity contribution is 0.0520. The predicted molar refractivity (Wildman–Crippen MR) is 66.6 cm³/mol. The minimum absolute atomic E-state index is 0.0787. The number of piperidine rings is 1. The van der Waals surface area contributed by atoms with E-state index in [4.69, 9.17) is 10.5 Å². The van der Waals surface area contributed by atoms with Gasteiger partial charge in [0.2, 0.25) is 0 Å². The standard InChI is InChI=1S/C13H24N2O2/c1-15-8-6-11(7-9-15)10-2-4-12(5-3-10)17-13(14)16/h10-12H,2-9H2,1H3,(H2,14,16). The second-order valence-electron chi connectivity index (χ2n) is 5.61. The van der Waals surface area contributed by atoms with Crippen molar-refractivity contribution in [3.8, 4) is 0 Å². The molecule has 4 nitrogen and oxygen atoms in total. The average Bonchev–Trinajstić information content (AvgIpc) is 2.30. The molecule has 1 saturated carbocycles. The molecule has 0 aromatic carbocycles. The highest BCUT2D eigenvalue weighted by atomic mass is 16.6. The van der Waals surface area contributed by atoms with Crippen LogP contribution in [0.5, 0.6) is 0 Å². The molecule has 4 heteroatoms. The molecular formula is C13H24N2O2. The van der Waals surface area contributed by atoms with E-state index in [1.54, 1.807) is 0 Å². The monoisotopic (exact) mass is 240 g/mol. The van der Waals surface area contributed by atoms with Crippen molar-refractivity contribution in [3.05, 3.63) is 0 Å². The molecule has 0 aromatic rings. The Morgan fingerprint density at radius 2 is 1.59 bits per heavy atom. The number of nitrogens with two attached hydrogens (primary N) is 1. The number of primary amides is 1. The van der Waals surface area contributed by atoms with Crippen molar-refractivity contribution in [1.29, 1.82) is 0 Å². The maximum Gasteiger partial charge on any atom is 0.404 e. The lowest BCUT2D eigenvalue weighted by Crippen LogP contribution is -2.36. The van der Waals surface area contributed by atoms with Gasteiger partial charge >= 0.3 is 6.09 Å². The molecule has 17 heavy (non-hydrogen) atoms. The number of carbonyl (C=O) groups excluding carboxylic acids is 1. The predicted octanol–water partition coefficient (Wildman–Crippen LogP) is 1.98. The van der Waals surface area contributed by atoms with Crippen molar-refractivity contribution >= 4 is 6.09 Å². The first-order chi connectivity index (χ1) is 8.15. The first kappa shape index (κ1) is 12.7. The van der Waals surface area contributed by atoms with Gasteiger partial charge in [-0.2, -0.15) is 0 Å². The van der Waals surface area contributed by atoms with Crippen molar-refractivity contribution < 1.29 is 9.53 Å². The lowest BCUT2D eigenvalue weighted by Gasteiger charge is -2.37. The molecule has 1 amide bonds. The van der Waals surface area contributed by atoms with Gasteiger partial charge in [0.1, 0.15) is 6.10 Å². The van der Waals surface area contributed by atoms with Crippen LogP contribution in [0.15, 0.2) is 0 Å². The molecule has 0 spiro atoms. The second-order valence-corrected chi connectivity index (χ2v) is 5.61. The summed E-state index contributed by atoms with van der Waals surface area (Å²) in [5.74, 6) is 1.73. The van der Waals surface area contributed by atoms with Crippen LogP contribution in [0.4, 0.5) is 4.79 Å². The minimum atomic E-state index is -0.618. The third-order valence-electron chi connectivity index (χ3n) is 4.43. The Balaban J connectivity index is 1.73. The average molecular weight is 240 g/mol. The molecule has 1 aliphatic carbocycles. The fourth-order valence-corrected chi connectivity index (χ4v) is 3.34. The smallest absolute Gasteiger partial charge is 0.404 e. The van der Waals surface area contributed by atoms with Gasteiger partial charge in [-0.1, -0.05) is 0 Å². The summed E-state index contributed by atoms with van der Waals surface area (Å²) < 4.78 is 5.07. The second kappa shape index (κ2) is 5.71. The normalized spacial score (nSPS) is 32.3. The van der Waals surface area contributed by atoms with Gasteiger partial charge in [0.15, 0.2) is 0 Å². The van der Waals surface area contributed by atoms with E-state index >= 15 is 0 Å². The highest BCUT2D eigenvalue weighted by molar-refractivity contribution is 5.64. The number of rotatable bonds is 2. The Bertz CT molecular complexity index is 254. The number of carbonyl (C=O) groups is 1. The molecule has 0 bridgehead atoms. The van der Waals surface area contributed by atoms with E-state index in [0.29, 0.717) is 0 Å². The fourth-order valence-electron chi connectivity index (χ4n) is 3.34. The van der Waals surface area contributed by atoms with Gasteiger partial charge < -0.3 is 15.4 Å². The summed E-state index contributed by atoms with van der Waals surface area (Å²) in [5, 5.41) is 0. The molecule has 2 fully saturated rings. The Labute approximate surface area is 103 Å². The number of likely N-dealkylation sites (tertiary alicyclic amines) is 1. The summed E-state index contributed by atoms with van der Waals surface area (Å²) in [7, 11) is 2.20. The van der Waals surface area contributed by atoms with Crippen LogP contribution in [0.3, 0.4) is 0 Å². The largest absolute Gasteiger partial charge is 0.446 e. The first-order valence-electron chi connectivity index (χ1n) is 6.80. The molecule has 2 N–H and O–H groups in total. The van der Waals surface area contributed by atoms with Gasteiger partial charge in [-0.25, -0.2) is 4.79 Å². The Morgan fingerprint density at radius 1 is 1.06 bits per heavy atom. The minimum Gasteiger partial charge on any atom is -0.446 e. The van der Waals surface area contributed by atoms with Gasteiger partial charge in [0.25, 0.3) is 0 Å². The molecule has 0 aromatic heterocycles. The van der Waals surface area contributed by atoms with Crippen molar-refractivity contribution in [2.24, 2.45) is 17.6 Å². The zero-order chi connectivity index (χ0) is 12.3. The molecule has 0 unspecified atom stereocenters. The summed E-state index contributed by atoms with van der Waals surface area (Å²) in [6.45, 7) is 2.48. The van der Waals surface area contributed by atoms with E-state index in [-0.39, 0.29) is 6.10 Å².